The molecule has 0 aromatic heterocycles. The van der Waals surface area contributed by atoms with E-state index in [2.05, 4.69) is 12.2 Å². The van der Waals surface area contributed by atoms with Crippen molar-refractivity contribution in [2.45, 2.75) is 63.2 Å². The molecule has 1 aliphatic carbocycles. The molecule has 3 unspecified atom stereocenters. The Labute approximate surface area is 105 Å². The summed E-state index contributed by atoms with van der Waals surface area (Å²) in [5.74, 6) is 1.25. The Morgan fingerprint density at radius 1 is 1.18 bits per heavy atom. The molecule has 3 nitrogen and oxygen atoms in total. The van der Waals surface area contributed by atoms with Crippen molar-refractivity contribution in [2.24, 2.45) is 5.92 Å². The van der Waals surface area contributed by atoms with Gasteiger partial charge in [0.25, 0.3) is 0 Å². The second-order valence-corrected chi connectivity index (χ2v) is 8.08. The quantitative estimate of drug-likeness (QED) is 0.841. The van der Waals surface area contributed by atoms with Gasteiger partial charge in [-0.05, 0) is 31.6 Å². The van der Waals surface area contributed by atoms with Crippen molar-refractivity contribution in [1.29, 1.82) is 0 Å². The van der Waals surface area contributed by atoms with Gasteiger partial charge in [-0.1, -0.05) is 26.2 Å². The third-order valence-electron chi connectivity index (χ3n) is 4.46. The molecule has 1 aliphatic heterocycles. The van der Waals surface area contributed by atoms with Gasteiger partial charge in [0.2, 0.25) is 0 Å². The number of rotatable bonds is 4. The fourth-order valence-corrected chi connectivity index (χ4v) is 5.01. The molecular weight excluding hydrogens is 234 g/mol. The SMILES string of the molecule is CCC1CCCC(NCC2CCCS2(=O)=O)C1. The van der Waals surface area contributed by atoms with Crippen molar-refractivity contribution in [3.05, 3.63) is 0 Å². The fourth-order valence-electron chi connectivity index (χ4n) is 3.23. The molecule has 1 N–H and O–H groups in total. The lowest BCUT2D eigenvalue weighted by Crippen LogP contribution is -2.40. The highest BCUT2D eigenvalue weighted by molar-refractivity contribution is 7.92. The molecule has 2 aliphatic rings. The molecule has 2 fully saturated rings. The smallest absolute Gasteiger partial charge is 0.154 e. The van der Waals surface area contributed by atoms with Crippen LogP contribution in [0.3, 0.4) is 0 Å². The molecule has 0 aromatic rings. The van der Waals surface area contributed by atoms with Crippen LogP contribution in [0.4, 0.5) is 0 Å². The zero-order valence-corrected chi connectivity index (χ0v) is 11.6. The van der Waals surface area contributed by atoms with Gasteiger partial charge in [0.15, 0.2) is 9.84 Å². The average Bonchev–Trinajstić information content (AvgIpc) is 2.66. The topological polar surface area (TPSA) is 46.2 Å². The molecule has 3 atom stereocenters. The van der Waals surface area contributed by atoms with Gasteiger partial charge in [-0.15, -0.1) is 0 Å². The maximum Gasteiger partial charge on any atom is 0.154 e. The number of hydrogen-bond donors (Lipinski definition) is 1. The summed E-state index contributed by atoms with van der Waals surface area (Å²) in [4.78, 5) is 0. The van der Waals surface area contributed by atoms with E-state index in [0.717, 1.165) is 18.8 Å². The van der Waals surface area contributed by atoms with Crippen molar-refractivity contribution in [3.8, 4) is 0 Å². The van der Waals surface area contributed by atoms with Gasteiger partial charge in [-0.25, -0.2) is 8.42 Å². The monoisotopic (exact) mass is 259 g/mol. The van der Waals surface area contributed by atoms with Crippen LogP contribution < -0.4 is 5.32 Å². The van der Waals surface area contributed by atoms with Crippen LogP contribution in [0.15, 0.2) is 0 Å². The van der Waals surface area contributed by atoms with Gasteiger partial charge in [0.05, 0.1) is 11.0 Å². The maximum absolute atomic E-state index is 11.7. The molecule has 0 aromatic carbocycles. The van der Waals surface area contributed by atoms with Crippen LogP contribution >= 0.6 is 0 Å². The second-order valence-electron chi connectivity index (χ2n) is 5.68. The molecule has 1 saturated heterocycles. The number of sulfone groups is 1. The number of hydrogen-bond acceptors (Lipinski definition) is 3. The third-order valence-corrected chi connectivity index (χ3v) is 6.73. The fraction of sp³-hybridized carbons (Fsp3) is 1.00. The van der Waals surface area contributed by atoms with Crippen LogP contribution in [-0.4, -0.2) is 32.0 Å². The summed E-state index contributed by atoms with van der Waals surface area (Å²) in [7, 11) is -2.77. The number of nitrogens with one attached hydrogen (secondary N) is 1. The highest BCUT2D eigenvalue weighted by Gasteiger charge is 2.31. The van der Waals surface area contributed by atoms with Crippen LogP contribution in [0.2, 0.25) is 0 Å². The zero-order valence-electron chi connectivity index (χ0n) is 10.8. The Balaban J connectivity index is 1.78. The van der Waals surface area contributed by atoms with Crippen molar-refractivity contribution in [1.82, 2.24) is 5.32 Å². The standard InChI is InChI=1S/C13H25NO2S/c1-2-11-5-3-6-12(9-11)14-10-13-7-4-8-17(13,15)16/h11-14H,2-10H2,1H3. The minimum absolute atomic E-state index is 0.107. The van der Waals surface area contributed by atoms with Gasteiger partial charge in [-0.2, -0.15) is 0 Å². The zero-order chi connectivity index (χ0) is 12.3. The summed E-state index contributed by atoms with van der Waals surface area (Å²) in [6.07, 6.45) is 8.10. The summed E-state index contributed by atoms with van der Waals surface area (Å²) in [6.45, 7) is 2.94. The second kappa shape index (κ2) is 5.70. The third kappa shape index (κ3) is 3.44. The Morgan fingerprint density at radius 3 is 2.65 bits per heavy atom. The summed E-state index contributed by atoms with van der Waals surface area (Å²) in [5, 5.41) is 3.40. The first-order chi connectivity index (χ1) is 8.12. The molecule has 17 heavy (non-hydrogen) atoms. The predicted molar refractivity (Wildman–Crippen MR) is 70.8 cm³/mol. The van der Waals surface area contributed by atoms with Crippen LogP contribution in [0, 0.1) is 5.92 Å². The maximum atomic E-state index is 11.7. The highest BCUT2D eigenvalue weighted by Crippen LogP contribution is 2.27. The summed E-state index contributed by atoms with van der Waals surface area (Å²) >= 11 is 0. The van der Waals surface area contributed by atoms with Gasteiger partial charge in [-0.3, -0.25) is 0 Å². The van der Waals surface area contributed by atoms with Crippen LogP contribution in [0.25, 0.3) is 0 Å². The van der Waals surface area contributed by atoms with Crippen molar-refractivity contribution in [3.63, 3.8) is 0 Å². The lowest BCUT2D eigenvalue weighted by atomic mass is 9.84. The molecule has 1 saturated carbocycles. The van der Waals surface area contributed by atoms with E-state index < -0.39 is 9.84 Å². The van der Waals surface area contributed by atoms with Crippen LogP contribution in [0.5, 0.6) is 0 Å². The first kappa shape index (κ1) is 13.3. The van der Waals surface area contributed by atoms with Crippen LogP contribution in [-0.2, 0) is 9.84 Å². The Hall–Kier alpha value is -0.0900. The Morgan fingerprint density at radius 2 is 2.00 bits per heavy atom. The van der Waals surface area contributed by atoms with Gasteiger partial charge >= 0.3 is 0 Å². The van der Waals surface area contributed by atoms with E-state index in [9.17, 15) is 8.42 Å². The van der Waals surface area contributed by atoms with E-state index >= 15 is 0 Å². The molecular formula is C13H25NO2S. The molecule has 0 spiro atoms. The lowest BCUT2D eigenvalue weighted by molar-refractivity contribution is 0.279. The first-order valence-electron chi connectivity index (χ1n) is 7.06. The normalized spacial score (nSPS) is 37.1. The van der Waals surface area contributed by atoms with E-state index in [1.807, 2.05) is 0 Å². The van der Waals surface area contributed by atoms with Gasteiger partial charge in [0, 0.05) is 12.6 Å². The minimum atomic E-state index is -2.77. The van der Waals surface area contributed by atoms with Gasteiger partial charge in [0.1, 0.15) is 0 Å². The van der Waals surface area contributed by atoms with E-state index in [-0.39, 0.29) is 5.25 Å². The summed E-state index contributed by atoms with van der Waals surface area (Å²) in [6, 6.07) is 0.560. The molecule has 100 valence electrons. The largest absolute Gasteiger partial charge is 0.313 e. The van der Waals surface area contributed by atoms with Crippen molar-refractivity contribution < 1.29 is 8.42 Å². The predicted octanol–water partition coefficient (Wildman–Crippen LogP) is 2.12. The molecule has 0 radical (unpaired) electrons. The summed E-state index contributed by atoms with van der Waals surface area (Å²) < 4.78 is 23.4. The molecule has 4 heteroatoms. The van der Waals surface area contributed by atoms with Crippen molar-refractivity contribution in [2.75, 3.05) is 12.3 Å². The first-order valence-corrected chi connectivity index (χ1v) is 8.78. The van der Waals surface area contributed by atoms with E-state index in [1.54, 1.807) is 0 Å². The Kier molecular flexibility index (Phi) is 4.47. The molecule has 0 amide bonds. The van der Waals surface area contributed by atoms with E-state index in [4.69, 9.17) is 0 Å². The van der Waals surface area contributed by atoms with E-state index in [1.165, 1.54) is 32.1 Å². The molecule has 2 rings (SSSR count). The van der Waals surface area contributed by atoms with Gasteiger partial charge < -0.3 is 5.32 Å². The average molecular weight is 259 g/mol. The Bertz CT molecular complexity index is 339. The lowest BCUT2D eigenvalue weighted by Gasteiger charge is -2.30. The molecule has 0 bridgehead atoms. The van der Waals surface area contributed by atoms with Crippen molar-refractivity contribution >= 4 is 9.84 Å². The summed E-state index contributed by atoms with van der Waals surface area (Å²) in [5.41, 5.74) is 0. The molecule has 1 heterocycles. The van der Waals surface area contributed by atoms with E-state index in [0.29, 0.717) is 18.3 Å². The highest BCUT2D eigenvalue weighted by atomic mass is 32.2. The van der Waals surface area contributed by atoms with Crippen LogP contribution in [0.1, 0.15) is 51.9 Å². The minimum Gasteiger partial charge on any atom is -0.313 e.